The second-order valence-corrected chi connectivity index (χ2v) is 16.3. The smallest absolute Gasteiger partial charge is 0.352 e. The quantitative estimate of drug-likeness (QED) is 0.0859. The summed E-state index contributed by atoms with van der Waals surface area (Å²) >= 11 is 14.6. The first-order valence-corrected chi connectivity index (χ1v) is 20.0. The van der Waals surface area contributed by atoms with Gasteiger partial charge in [-0.25, -0.2) is 19.6 Å². The summed E-state index contributed by atoms with van der Waals surface area (Å²) in [5, 5.41) is 18.1. The van der Waals surface area contributed by atoms with Gasteiger partial charge in [0.25, 0.3) is 5.91 Å². The van der Waals surface area contributed by atoms with Crippen LogP contribution in [0.3, 0.4) is 0 Å². The number of hydrogen-bond donors (Lipinski definition) is 3. The Bertz CT molecular complexity index is 2130. The molecule has 2 amide bonds. The molecule has 4 heterocycles. The average molecular weight is 806 g/mol. The second kappa shape index (κ2) is 15.8. The van der Waals surface area contributed by atoms with Crippen molar-refractivity contribution in [2.75, 3.05) is 12.9 Å². The topological polar surface area (TPSA) is 146 Å². The number of allylic oxidation sites excluding steroid dienone is 1. The Hall–Kier alpha value is -4.57. The fraction of sp³-hybridized carbons (Fsp3) is 0.162. The highest BCUT2D eigenvalue weighted by Gasteiger charge is 2.54. The SMILES string of the molecule is CO/N=S1\C=C(CC(=O)NC2C(=O)N3C(C(=O)O)=C(/C=C/c4sc(Cl)nc4Cl)CSC23)NC1=NC(c1ccccc1)(c1ccccc1)c1ccccc1. The summed E-state index contributed by atoms with van der Waals surface area (Å²) in [5.41, 5.74) is 2.64. The highest BCUT2D eigenvalue weighted by atomic mass is 35.5. The van der Waals surface area contributed by atoms with E-state index in [9.17, 15) is 19.5 Å². The van der Waals surface area contributed by atoms with Gasteiger partial charge >= 0.3 is 5.97 Å². The van der Waals surface area contributed by atoms with Crippen LogP contribution in [-0.4, -0.2) is 62.2 Å². The number of amidine groups is 1. The predicted octanol–water partition coefficient (Wildman–Crippen LogP) is 6.75. The number of aromatic nitrogens is 1. The number of nitrogens with zero attached hydrogens (tertiary/aromatic N) is 4. The number of amides is 2. The highest BCUT2D eigenvalue weighted by molar-refractivity contribution is 8.05. The van der Waals surface area contributed by atoms with Gasteiger partial charge in [0.15, 0.2) is 9.63 Å². The number of halogens is 2. The van der Waals surface area contributed by atoms with Gasteiger partial charge in [-0.2, -0.15) is 0 Å². The lowest BCUT2D eigenvalue weighted by atomic mass is 9.77. The molecule has 16 heteroatoms. The lowest BCUT2D eigenvalue weighted by Gasteiger charge is -2.49. The molecule has 270 valence electrons. The van der Waals surface area contributed by atoms with Gasteiger partial charge in [-0.15, -0.1) is 23.1 Å². The summed E-state index contributed by atoms with van der Waals surface area (Å²) in [6.07, 6.45) is 3.12. The number of benzene rings is 3. The maximum absolute atomic E-state index is 13.5. The molecule has 3 aliphatic heterocycles. The molecule has 3 unspecified atom stereocenters. The molecular formula is C37H30Cl2N6O5S3. The molecule has 3 aromatic carbocycles. The normalized spacial score (nSPS) is 20.7. The van der Waals surface area contributed by atoms with Crippen LogP contribution in [0, 0.1) is 0 Å². The van der Waals surface area contributed by atoms with Gasteiger partial charge in [-0.1, -0.05) is 125 Å². The van der Waals surface area contributed by atoms with Crippen molar-refractivity contribution in [2.45, 2.75) is 23.4 Å². The number of fused-ring (bicyclic) bond motifs is 1. The van der Waals surface area contributed by atoms with Crippen molar-refractivity contribution < 1.29 is 24.3 Å². The number of thioether (sulfide) groups is 1. The minimum absolute atomic E-state index is 0.105. The van der Waals surface area contributed by atoms with E-state index in [1.54, 1.807) is 17.6 Å². The Morgan fingerprint density at radius 3 is 2.17 bits per heavy atom. The molecule has 3 aliphatic rings. The van der Waals surface area contributed by atoms with E-state index < -0.39 is 45.4 Å². The molecular weight excluding hydrogens is 776 g/mol. The van der Waals surface area contributed by atoms with Gasteiger partial charge in [-0.05, 0) is 28.3 Å². The summed E-state index contributed by atoms with van der Waals surface area (Å²) < 4.78 is 4.59. The largest absolute Gasteiger partial charge is 0.477 e. The van der Waals surface area contributed by atoms with Crippen LogP contribution in [0.25, 0.3) is 6.08 Å². The molecule has 7 rings (SSSR count). The van der Waals surface area contributed by atoms with E-state index in [0.717, 1.165) is 28.0 Å². The zero-order chi connectivity index (χ0) is 37.1. The lowest BCUT2D eigenvalue weighted by molar-refractivity contribution is -0.150. The number of nitrogens with one attached hydrogen (secondary N) is 2. The lowest BCUT2D eigenvalue weighted by Crippen LogP contribution is -2.70. The van der Waals surface area contributed by atoms with Crippen molar-refractivity contribution in [1.29, 1.82) is 0 Å². The third-order valence-corrected chi connectivity index (χ3v) is 12.8. The van der Waals surface area contributed by atoms with E-state index in [1.165, 1.54) is 23.8 Å². The Kier molecular flexibility index (Phi) is 11.0. The monoisotopic (exact) mass is 804 g/mol. The van der Waals surface area contributed by atoms with Gasteiger partial charge in [0.2, 0.25) is 5.91 Å². The van der Waals surface area contributed by atoms with Crippen molar-refractivity contribution in [3.05, 3.63) is 151 Å². The summed E-state index contributed by atoms with van der Waals surface area (Å²) in [7, 11) is 0.461. The number of thiazole rings is 1. The summed E-state index contributed by atoms with van der Waals surface area (Å²) in [6, 6.07) is 29.0. The van der Waals surface area contributed by atoms with Crippen LogP contribution in [0.2, 0.25) is 9.62 Å². The maximum Gasteiger partial charge on any atom is 0.352 e. The van der Waals surface area contributed by atoms with Crippen LogP contribution in [0.4, 0.5) is 0 Å². The first-order chi connectivity index (χ1) is 25.7. The standard InChI is InChI=1S/C37H30Cl2N6O5S3/c1-50-44-53-21-26(40-36(53)43-37(23-11-5-2-6-12-23,24-13-7-3-8-14-24)25-15-9-4-10-16-25)19-28(46)41-29-32(47)45-30(34(48)49)22(20-51-33(29)45)17-18-27-31(38)42-35(39)52-27/h2-18,21,29,33H,19-20H2,1H3,(H,40,43)(H,41,46)(H,48,49)/b18-17+. The van der Waals surface area contributed by atoms with Crippen molar-refractivity contribution >= 4 is 86.0 Å². The minimum Gasteiger partial charge on any atom is -0.477 e. The van der Waals surface area contributed by atoms with Crippen LogP contribution in [0.5, 0.6) is 0 Å². The third kappa shape index (κ3) is 7.35. The number of rotatable bonds is 11. The molecule has 4 aromatic rings. The first-order valence-electron chi connectivity index (χ1n) is 16.1. The number of carbonyl (C=O) groups is 3. The van der Waals surface area contributed by atoms with Crippen LogP contribution < -0.4 is 10.6 Å². The Morgan fingerprint density at radius 1 is 1.04 bits per heavy atom. The molecule has 3 atom stereocenters. The molecule has 0 radical (unpaired) electrons. The third-order valence-electron chi connectivity index (χ3n) is 8.61. The molecule has 53 heavy (non-hydrogen) atoms. The summed E-state index contributed by atoms with van der Waals surface area (Å²) in [6.45, 7) is 0. The number of aliphatic carboxylic acids is 1. The van der Waals surface area contributed by atoms with E-state index in [2.05, 4.69) is 20.1 Å². The number of hydrogen-bond acceptors (Lipinski definition) is 9. The zero-order valence-electron chi connectivity index (χ0n) is 27.8. The number of carboxylic acid groups (broad SMARTS) is 1. The van der Waals surface area contributed by atoms with Gasteiger partial charge in [0.05, 0.1) is 18.4 Å². The Morgan fingerprint density at radius 2 is 1.64 bits per heavy atom. The Balaban J connectivity index is 1.12. The van der Waals surface area contributed by atoms with Gasteiger partial charge in [-0.3, -0.25) is 14.5 Å². The fourth-order valence-corrected chi connectivity index (χ4v) is 10.2. The minimum atomic E-state index is -1.25. The molecule has 0 saturated carbocycles. The number of aliphatic imine (C=N–C) groups is 1. The number of carbonyl (C=O) groups excluding carboxylic acids is 2. The van der Waals surface area contributed by atoms with E-state index in [4.69, 9.17) is 33.0 Å². The molecule has 0 spiro atoms. The summed E-state index contributed by atoms with van der Waals surface area (Å²) in [4.78, 5) is 55.6. The molecule has 11 nitrogen and oxygen atoms in total. The molecule has 1 fully saturated rings. The molecule has 0 aliphatic carbocycles. The van der Waals surface area contributed by atoms with Crippen LogP contribution in [0.15, 0.2) is 129 Å². The van der Waals surface area contributed by atoms with Crippen LogP contribution in [-0.2, 0) is 35.5 Å². The maximum atomic E-state index is 13.5. The van der Waals surface area contributed by atoms with E-state index in [0.29, 0.717) is 27.1 Å². The Labute approximate surface area is 325 Å². The predicted molar refractivity (Wildman–Crippen MR) is 210 cm³/mol. The fourth-order valence-electron chi connectivity index (χ4n) is 6.33. The molecule has 0 bridgehead atoms. The van der Waals surface area contributed by atoms with E-state index in [-0.39, 0.29) is 21.7 Å². The van der Waals surface area contributed by atoms with Crippen molar-refractivity contribution in [1.82, 2.24) is 20.5 Å². The molecule has 1 saturated heterocycles. The first kappa shape index (κ1) is 36.8. The van der Waals surface area contributed by atoms with Crippen LogP contribution in [0.1, 0.15) is 28.0 Å². The average Bonchev–Trinajstić information content (AvgIpc) is 3.71. The van der Waals surface area contributed by atoms with Gasteiger partial charge in [0, 0.05) is 27.5 Å². The van der Waals surface area contributed by atoms with E-state index >= 15 is 0 Å². The number of β-lactam (4-membered cyclic amide) rings is 1. The molecule has 1 aromatic heterocycles. The summed E-state index contributed by atoms with van der Waals surface area (Å²) in [5.74, 6) is -1.89. The zero-order valence-corrected chi connectivity index (χ0v) is 31.8. The van der Waals surface area contributed by atoms with Crippen molar-refractivity contribution in [3.63, 3.8) is 0 Å². The molecule has 3 N–H and O–H groups in total. The van der Waals surface area contributed by atoms with Crippen molar-refractivity contribution in [3.8, 4) is 0 Å². The highest BCUT2D eigenvalue weighted by Crippen LogP contribution is 2.43. The van der Waals surface area contributed by atoms with Gasteiger partial charge < -0.3 is 15.7 Å². The van der Waals surface area contributed by atoms with Gasteiger partial charge in [0.1, 0.15) is 27.8 Å². The van der Waals surface area contributed by atoms with Crippen molar-refractivity contribution in [2.24, 2.45) is 9.52 Å². The van der Waals surface area contributed by atoms with E-state index in [1.807, 2.05) is 91.0 Å². The second-order valence-electron chi connectivity index (χ2n) is 11.8. The number of carboxylic acids is 1. The van der Waals surface area contributed by atoms with Crippen LogP contribution >= 0.6 is 46.3 Å².